The fourth-order valence-corrected chi connectivity index (χ4v) is 7.61. The molecule has 0 aliphatic heterocycles. The molecule has 152 valence electrons. The van der Waals surface area contributed by atoms with Crippen molar-refractivity contribution in [3.8, 4) is 0 Å². The molecular weight excluding hydrogens is 316 g/mol. The minimum Gasteiger partial charge on any atom is -0.393 e. The van der Waals surface area contributed by atoms with Gasteiger partial charge in [0.15, 0.2) is 0 Å². The van der Waals surface area contributed by atoms with E-state index >= 15 is 0 Å². The lowest BCUT2D eigenvalue weighted by Crippen LogP contribution is -2.49. The first-order valence-electron chi connectivity index (χ1n) is 11.9. The van der Waals surface area contributed by atoms with Crippen LogP contribution in [0, 0.1) is 40.9 Å². The van der Waals surface area contributed by atoms with Crippen molar-refractivity contribution in [2.75, 3.05) is 0 Å². The Balaban J connectivity index is 0.000000570. The van der Waals surface area contributed by atoms with Crippen molar-refractivity contribution in [1.29, 1.82) is 0 Å². The number of rotatable bonds is 1. The van der Waals surface area contributed by atoms with Crippen molar-refractivity contribution in [2.45, 2.75) is 105 Å². The summed E-state index contributed by atoms with van der Waals surface area (Å²) in [6.07, 6.45) is 12.3. The summed E-state index contributed by atoms with van der Waals surface area (Å²) in [6, 6.07) is 0. The van der Waals surface area contributed by atoms with E-state index in [4.69, 9.17) is 0 Å². The standard InChI is InChI=1S/C21H34O.2C2H6/c1-13-4-6-16-15(12-13)5-7-18-17(16)10-11-21(3)19(14(2)22)8-9-20(18)21;2*1-2/h14-20,22H,1,4-12H2,2-3H3;2*1-2H3. The first-order chi connectivity index (χ1) is 12.5. The van der Waals surface area contributed by atoms with Crippen LogP contribution in [-0.2, 0) is 0 Å². The molecule has 4 saturated carbocycles. The van der Waals surface area contributed by atoms with Gasteiger partial charge in [-0.15, -0.1) is 0 Å². The number of aliphatic hydroxyl groups excluding tert-OH is 1. The summed E-state index contributed by atoms with van der Waals surface area (Å²) in [7, 11) is 0. The van der Waals surface area contributed by atoms with Crippen molar-refractivity contribution in [1.82, 2.24) is 0 Å². The van der Waals surface area contributed by atoms with Crippen LogP contribution in [-0.4, -0.2) is 11.2 Å². The molecule has 0 radical (unpaired) electrons. The maximum absolute atomic E-state index is 10.3. The molecule has 0 spiro atoms. The summed E-state index contributed by atoms with van der Waals surface area (Å²) in [5.41, 5.74) is 1.95. The van der Waals surface area contributed by atoms with Crippen molar-refractivity contribution in [3.05, 3.63) is 12.2 Å². The highest BCUT2D eigenvalue weighted by molar-refractivity contribution is 5.10. The van der Waals surface area contributed by atoms with Gasteiger partial charge in [0.05, 0.1) is 6.10 Å². The smallest absolute Gasteiger partial charge is 0.0545 e. The van der Waals surface area contributed by atoms with Gasteiger partial charge in [0, 0.05) is 0 Å². The Labute approximate surface area is 164 Å². The van der Waals surface area contributed by atoms with Gasteiger partial charge in [-0.05, 0) is 106 Å². The molecule has 8 atom stereocenters. The number of aliphatic hydroxyl groups is 1. The Morgan fingerprint density at radius 1 is 0.923 bits per heavy atom. The van der Waals surface area contributed by atoms with E-state index in [-0.39, 0.29) is 6.10 Å². The fraction of sp³-hybridized carbons (Fsp3) is 0.920. The number of hydrogen-bond donors (Lipinski definition) is 1. The van der Waals surface area contributed by atoms with Gasteiger partial charge in [-0.1, -0.05) is 46.8 Å². The lowest BCUT2D eigenvalue weighted by molar-refractivity contribution is -0.0743. The van der Waals surface area contributed by atoms with Crippen LogP contribution in [0.15, 0.2) is 12.2 Å². The number of hydrogen-bond acceptors (Lipinski definition) is 1. The van der Waals surface area contributed by atoms with Gasteiger partial charge in [-0.25, -0.2) is 0 Å². The molecule has 26 heavy (non-hydrogen) atoms. The SMILES string of the molecule is C=C1CCC2C(CCC3C2CCC2(C)C(C(C)O)CCC32)C1.CC.CC. The fourth-order valence-electron chi connectivity index (χ4n) is 7.61. The molecule has 0 saturated heterocycles. The predicted molar refractivity (Wildman–Crippen MR) is 114 cm³/mol. The summed E-state index contributed by atoms with van der Waals surface area (Å²) < 4.78 is 0. The van der Waals surface area contributed by atoms with Crippen LogP contribution >= 0.6 is 0 Å². The average molecular weight is 363 g/mol. The van der Waals surface area contributed by atoms with Gasteiger partial charge in [-0.2, -0.15) is 0 Å². The minimum atomic E-state index is -0.110. The van der Waals surface area contributed by atoms with E-state index in [0.29, 0.717) is 11.3 Å². The Kier molecular flexibility index (Phi) is 7.84. The highest BCUT2D eigenvalue weighted by Gasteiger charge is 2.57. The van der Waals surface area contributed by atoms with Crippen LogP contribution < -0.4 is 0 Å². The Hall–Kier alpha value is -0.300. The molecule has 0 aromatic carbocycles. The van der Waals surface area contributed by atoms with Crippen LogP contribution in [0.1, 0.15) is 99.3 Å². The Morgan fingerprint density at radius 3 is 2.27 bits per heavy atom. The summed E-state index contributed by atoms with van der Waals surface area (Å²) in [5.74, 6) is 5.38. The molecule has 4 aliphatic carbocycles. The zero-order valence-corrected chi connectivity index (χ0v) is 18.6. The highest BCUT2D eigenvalue weighted by atomic mass is 16.3. The van der Waals surface area contributed by atoms with E-state index in [0.717, 1.165) is 29.6 Å². The molecule has 1 N–H and O–H groups in total. The average Bonchev–Trinajstić information content (AvgIpc) is 3.02. The molecule has 4 rings (SSSR count). The second-order valence-electron chi connectivity index (χ2n) is 9.40. The molecule has 0 bridgehead atoms. The summed E-state index contributed by atoms with van der Waals surface area (Å²) in [5, 5.41) is 10.3. The highest BCUT2D eigenvalue weighted by Crippen LogP contribution is 2.64. The van der Waals surface area contributed by atoms with Crippen molar-refractivity contribution >= 4 is 0 Å². The molecule has 8 unspecified atom stereocenters. The summed E-state index contributed by atoms with van der Waals surface area (Å²) in [4.78, 5) is 0. The molecule has 4 fully saturated rings. The molecule has 1 heteroatoms. The quantitative estimate of drug-likeness (QED) is 0.487. The Morgan fingerprint density at radius 2 is 1.62 bits per heavy atom. The lowest BCUT2D eigenvalue weighted by atomic mass is 9.49. The number of fused-ring (bicyclic) bond motifs is 5. The van der Waals surface area contributed by atoms with Gasteiger partial charge in [0.1, 0.15) is 0 Å². The Bertz CT molecular complexity index is 453. The third-order valence-corrected chi connectivity index (χ3v) is 8.56. The van der Waals surface area contributed by atoms with E-state index in [1.807, 2.05) is 34.6 Å². The van der Waals surface area contributed by atoms with Crippen molar-refractivity contribution < 1.29 is 5.11 Å². The van der Waals surface area contributed by atoms with E-state index < -0.39 is 0 Å². The first-order valence-corrected chi connectivity index (χ1v) is 11.9. The van der Waals surface area contributed by atoms with Gasteiger partial charge >= 0.3 is 0 Å². The maximum Gasteiger partial charge on any atom is 0.0545 e. The third kappa shape index (κ3) is 3.80. The third-order valence-electron chi connectivity index (χ3n) is 8.56. The van der Waals surface area contributed by atoms with E-state index in [1.165, 1.54) is 63.4 Å². The van der Waals surface area contributed by atoms with Gasteiger partial charge in [0.25, 0.3) is 0 Å². The first kappa shape index (κ1) is 22.0. The van der Waals surface area contributed by atoms with Crippen molar-refractivity contribution in [3.63, 3.8) is 0 Å². The molecule has 0 amide bonds. The second kappa shape index (κ2) is 9.26. The van der Waals surface area contributed by atoms with Crippen LogP contribution in [0.5, 0.6) is 0 Å². The maximum atomic E-state index is 10.3. The minimum absolute atomic E-state index is 0.110. The predicted octanol–water partition coefficient (Wildman–Crippen LogP) is 7.24. The van der Waals surface area contributed by atoms with Crippen LogP contribution in [0.3, 0.4) is 0 Å². The van der Waals surface area contributed by atoms with E-state index in [2.05, 4.69) is 13.5 Å². The van der Waals surface area contributed by atoms with Crippen LogP contribution in [0.25, 0.3) is 0 Å². The number of allylic oxidation sites excluding steroid dienone is 1. The van der Waals surface area contributed by atoms with Gasteiger partial charge in [0.2, 0.25) is 0 Å². The zero-order valence-electron chi connectivity index (χ0n) is 18.6. The topological polar surface area (TPSA) is 20.2 Å². The normalized spacial score (nSPS) is 45.0. The van der Waals surface area contributed by atoms with Crippen molar-refractivity contribution in [2.24, 2.45) is 40.9 Å². The molecule has 0 heterocycles. The van der Waals surface area contributed by atoms with Crippen LogP contribution in [0.4, 0.5) is 0 Å². The molecule has 4 aliphatic rings. The second-order valence-corrected chi connectivity index (χ2v) is 9.40. The lowest BCUT2D eigenvalue weighted by Gasteiger charge is -2.56. The monoisotopic (exact) mass is 362 g/mol. The zero-order chi connectivity index (χ0) is 19.5. The molecule has 0 aromatic rings. The van der Waals surface area contributed by atoms with E-state index in [1.54, 1.807) is 0 Å². The van der Waals surface area contributed by atoms with Gasteiger partial charge in [-0.3, -0.25) is 0 Å². The molecule has 1 nitrogen and oxygen atoms in total. The largest absolute Gasteiger partial charge is 0.393 e. The molecular formula is C25H46O. The molecule has 0 aromatic heterocycles. The van der Waals surface area contributed by atoms with E-state index in [9.17, 15) is 5.11 Å². The summed E-state index contributed by atoms with van der Waals surface area (Å²) in [6.45, 7) is 16.8. The summed E-state index contributed by atoms with van der Waals surface area (Å²) >= 11 is 0. The van der Waals surface area contributed by atoms with Crippen LogP contribution in [0.2, 0.25) is 0 Å². The van der Waals surface area contributed by atoms with Gasteiger partial charge < -0.3 is 5.11 Å².